The molecular formula is C14H17N7O2S. The summed E-state index contributed by atoms with van der Waals surface area (Å²) in [5.41, 5.74) is 9.85. The number of nitrogens with one attached hydrogen (secondary N) is 3. The van der Waals surface area contributed by atoms with E-state index >= 15 is 0 Å². The lowest BCUT2D eigenvalue weighted by molar-refractivity contribution is -0.113. The average molecular weight is 347 g/mol. The molecule has 0 unspecified atom stereocenters. The van der Waals surface area contributed by atoms with Crippen molar-refractivity contribution in [2.45, 2.75) is 6.92 Å². The zero-order chi connectivity index (χ0) is 17.4. The summed E-state index contributed by atoms with van der Waals surface area (Å²) in [4.78, 5) is 26.5. The molecule has 0 saturated carbocycles. The Hall–Kier alpha value is -2.88. The maximum Gasteiger partial charge on any atom is 0.332 e. The van der Waals surface area contributed by atoms with Crippen LogP contribution in [0, 0.1) is 6.92 Å². The molecule has 0 radical (unpaired) electrons. The normalized spacial score (nSPS) is 11.1. The minimum absolute atomic E-state index is 0.197. The van der Waals surface area contributed by atoms with Gasteiger partial charge in [-0.3, -0.25) is 10.1 Å². The standard InChI is InChI=1S/C14H17N7O2S/c1-9-2-4-10(5-3-9)11(19-20-13(15)23)6-24-7-12(22)18-14-16-8-17-21-14/h2-5,8H,6-7H2,1H3,(H3,15,20,23)(H2,16,17,18,21,22)/b19-11-. The molecule has 0 fully saturated rings. The molecule has 9 nitrogen and oxygen atoms in total. The van der Waals surface area contributed by atoms with E-state index in [1.807, 2.05) is 31.2 Å². The van der Waals surface area contributed by atoms with Crippen LogP contribution >= 0.6 is 11.8 Å². The number of aromatic nitrogens is 3. The molecule has 0 spiro atoms. The largest absolute Gasteiger partial charge is 0.350 e. The van der Waals surface area contributed by atoms with Crippen LogP contribution in [0.2, 0.25) is 0 Å². The maximum absolute atomic E-state index is 11.8. The van der Waals surface area contributed by atoms with Gasteiger partial charge in [-0.2, -0.15) is 15.2 Å². The fraction of sp³-hybridized carbons (Fsp3) is 0.214. The highest BCUT2D eigenvalue weighted by molar-refractivity contribution is 8.00. The third-order valence-electron chi connectivity index (χ3n) is 2.83. The highest BCUT2D eigenvalue weighted by Crippen LogP contribution is 2.10. The van der Waals surface area contributed by atoms with Crippen LogP contribution in [0.1, 0.15) is 11.1 Å². The van der Waals surface area contributed by atoms with Crippen LogP contribution in [-0.2, 0) is 4.79 Å². The van der Waals surface area contributed by atoms with Gasteiger partial charge in [0.05, 0.1) is 11.5 Å². The zero-order valence-corrected chi connectivity index (χ0v) is 13.8. The van der Waals surface area contributed by atoms with E-state index in [0.717, 1.165) is 11.1 Å². The highest BCUT2D eigenvalue weighted by Gasteiger charge is 2.09. The Morgan fingerprint density at radius 3 is 2.67 bits per heavy atom. The number of nitrogens with zero attached hydrogens (tertiary/aromatic N) is 3. The van der Waals surface area contributed by atoms with Crippen LogP contribution in [0.15, 0.2) is 35.7 Å². The van der Waals surface area contributed by atoms with Gasteiger partial charge in [0.15, 0.2) is 0 Å². The van der Waals surface area contributed by atoms with Gasteiger partial charge >= 0.3 is 6.03 Å². The number of anilines is 1. The quantitative estimate of drug-likeness (QED) is 0.434. The summed E-state index contributed by atoms with van der Waals surface area (Å²) < 4.78 is 0. The number of hydrogen-bond acceptors (Lipinski definition) is 6. The van der Waals surface area contributed by atoms with E-state index in [1.54, 1.807) is 0 Å². The Labute approximate surface area is 142 Å². The fourth-order valence-corrected chi connectivity index (χ4v) is 2.51. The molecule has 0 aliphatic rings. The van der Waals surface area contributed by atoms with Gasteiger partial charge in [-0.25, -0.2) is 15.3 Å². The van der Waals surface area contributed by atoms with Gasteiger partial charge in [0.25, 0.3) is 0 Å². The van der Waals surface area contributed by atoms with E-state index in [4.69, 9.17) is 5.73 Å². The Kier molecular flexibility index (Phi) is 6.32. The van der Waals surface area contributed by atoms with Gasteiger partial charge in [-0.05, 0) is 12.5 Å². The number of primary amides is 1. The van der Waals surface area contributed by atoms with Crippen molar-refractivity contribution in [2.24, 2.45) is 10.8 Å². The van der Waals surface area contributed by atoms with Crippen molar-refractivity contribution in [1.29, 1.82) is 0 Å². The summed E-state index contributed by atoms with van der Waals surface area (Å²) in [6.07, 6.45) is 1.31. The Balaban J connectivity index is 1.93. The smallest absolute Gasteiger partial charge is 0.332 e. The Morgan fingerprint density at radius 1 is 1.29 bits per heavy atom. The maximum atomic E-state index is 11.8. The predicted molar refractivity (Wildman–Crippen MR) is 92.8 cm³/mol. The monoisotopic (exact) mass is 347 g/mol. The molecule has 0 aliphatic carbocycles. The predicted octanol–water partition coefficient (Wildman–Crippen LogP) is 0.857. The summed E-state index contributed by atoms with van der Waals surface area (Å²) in [6, 6.07) is 6.93. The molecule has 0 bridgehead atoms. The topological polar surface area (TPSA) is 138 Å². The summed E-state index contributed by atoms with van der Waals surface area (Å²) in [5, 5.41) is 12.8. The lowest BCUT2D eigenvalue weighted by Crippen LogP contribution is -2.26. The van der Waals surface area contributed by atoms with Gasteiger partial charge in [-0.1, -0.05) is 29.8 Å². The van der Waals surface area contributed by atoms with E-state index in [9.17, 15) is 9.59 Å². The number of carbonyl (C=O) groups is 2. The number of thioether (sulfide) groups is 1. The first-order chi connectivity index (χ1) is 11.5. The molecule has 2 aromatic rings. The third-order valence-corrected chi connectivity index (χ3v) is 3.77. The second-order valence-corrected chi connectivity index (χ2v) is 5.76. The van der Waals surface area contributed by atoms with E-state index in [2.05, 4.69) is 31.0 Å². The molecule has 0 saturated heterocycles. The lowest BCUT2D eigenvalue weighted by Gasteiger charge is -2.07. The molecule has 0 aliphatic heterocycles. The van der Waals surface area contributed by atoms with Crippen LogP contribution in [0.3, 0.4) is 0 Å². The van der Waals surface area contributed by atoms with Gasteiger partial charge in [0.1, 0.15) is 6.33 Å². The zero-order valence-electron chi connectivity index (χ0n) is 12.9. The molecule has 3 amide bonds. The molecule has 1 heterocycles. The number of hydrogen-bond donors (Lipinski definition) is 4. The number of aromatic amines is 1. The van der Waals surface area contributed by atoms with E-state index in [-0.39, 0.29) is 11.7 Å². The summed E-state index contributed by atoms with van der Waals surface area (Å²) >= 11 is 1.34. The van der Waals surface area contributed by atoms with E-state index < -0.39 is 6.03 Å². The molecule has 1 aromatic heterocycles. The highest BCUT2D eigenvalue weighted by atomic mass is 32.2. The van der Waals surface area contributed by atoms with Gasteiger partial charge in [0.2, 0.25) is 11.9 Å². The molecule has 24 heavy (non-hydrogen) atoms. The number of hydrazone groups is 1. The van der Waals surface area contributed by atoms with Gasteiger partial charge < -0.3 is 5.73 Å². The first-order valence-corrected chi connectivity index (χ1v) is 8.12. The van der Waals surface area contributed by atoms with Gasteiger partial charge in [0, 0.05) is 5.75 Å². The van der Waals surface area contributed by atoms with E-state index in [1.165, 1.54) is 18.1 Å². The number of aryl methyl sites for hydroxylation is 1. The summed E-state index contributed by atoms with van der Waals surface area (Å²) in [5.74, 6) is 0.696. The number of amides is 3. The van der Waals surface area contributed by atoms with Crippen molar-refractivity contribution in [3.05, 3.63) is 41.7 Å². The van der Waals surface area contributed by atoms with Crippen molar-refractivity contribution in [3.8, 4) is 0 Å². The van der Waals surface area contributed by atoms with Gasteiger partial charge in [-0.15, -0.1) is 11.8 Å². The SMILES string of the molecule is Cc1ccc(/C(CSCC(=O)Nc2ncn[nH]2)=N\NC(N)=O)cc1. The molecule has 0 atom stereocenters. The van der Waals surface area contributed by atoms with Crippen LogP contribution < -0.4 is 16.5 Å². The molecule has 1 aromatic carbocycles. The fourth-order valence-electron chi connectivity index (χ4n) is 1.72. The molecular weight excluding hydrogens is 330 g/mol. The molecule has 5 N–H and O–H groups in total. The van der Waals surface area contributed by atoms with Crippen LogP contribution in [0.5, 0.6) is 0 Å². The van der Waals surface area contributed by atoms with Crippen molar-refractivity contribution < 1.29 is 9.59 Å². The van der Waals surface area contributed by atoms with Crippen molar-refractivity contribution in [3.63, 3.8) is 0 Å². The second-order valence-electron chi connectivity index (χ2n) is 4.78. The number of urea groups is 1. The minimum Gasteiger partial charge on any atom is -0.350 e. The molecule has 10 heteroatoms. The average Bonchev–Trinajstić information content (AvgIpc) is 3.04. The number of H-pyrrole nitrogens is 1. The number of benzene rings is 1. The summed E-state index contributed by atoms with van der Waals surface area (Å²) in [7, 11) is 0. The van der Waals surface area contributed by atoms with Crippen molar-refractivity contribution in [2.75, 3.05) is 16.8 Å². The number of carbonyl (C=O) groups excluding carboxylic acids is 2. The third kappa shape index (κ3) is 5.72. The van der Waals surface area contributed by atoms with E-state index in [0.29, 0.717) is 17.4 Å². The van der Waals surface area contributed by atoms with Crippen molar-refractivity contribution in [1.82, 2.24) is 20.6 Å². The number of nitrogens with two attached hydrogens (primary N) is 1. The van der Waals surface area contributed by atoms with Crippen molar-refractivity contribution >= 4 is 35.4 Å². The Bertz CT molecular complexity index is 713. The molecule has 126 valence electrons. The van der Waals surface area contributed by atoms with Crippen LogP contribution in [0.25, 0.3) is 0 Å². The lowest BCUT2D eigenvalue weighted by atomic mass is 10.1. The Morgan fingerprint density at radius 2 is 2.04 bits per heavy atom. The minimum atomic E-state index is -0.743. The van der Waals surface area contributed by atoms with Crippen LogP contribution in [-0.4, -0.2) is 44.3 Å². The number of rotatable bonds is 7. The second kappa shape index (κ2) is 8.67. The van der Waals surface area contributed by atoms with Crippen LogP contribution in [0.4, 0.5) is 10.7 Å². The summed E-state index contributed by atoms with van der Waals surface area (Å²) in [6.45, 7) is 1.98. The first kappa shape index (κ1) is 17.5. The molecule has 2 rings (SSSR count). The first-order valence-electron chi connectivity index (χ1n) is 6.96.